The molecule has 2 atom stereocenters. The van der Waals surface area contributed by atoms with E-state index in [9.17, 15) is 23.2 Å². The molecule has 0 aromatic rings. The van der Waals surface area contributed by atoms with E-state index in [4.69, 9.17) is 0 Å². The molecule has 0 bridgehead atoms. The quantitative estimate of drug-likeness (QED) is 0.373. The average Bonchev–Trinajstić information content (AvgIpc) is 2.24. The van der Waals surface area contributed by atoms with Gasteiger partial charge >= 0.3 is 109 Å². The smallest absolute Gasteiger partial charge is 0.892 e. The summed E-state index contributed by atoms with van der Waals surface area (Å²) in [5.74, 6) is 0. The Bertz CT molecular complexity index is 292. The summed E-state index contributed by atoms with van der Waals surface area (Å²) >= 11 is 0. The molecule has 2 heterocycles. The zero-order valence-electron chi connectivity index (χ0n) is 11.3. The Labute approximate surface area is 196 Å². The van der Waals surface area contributed by atoms with E-state index in [2.05, 4.69) is 0 Å². The fourth-order valence-electron chi connectivity index (χ4n) is 2.67. The molecule has 0 aliphatic carbocycles. The van der Waals surface area contributed by atoms with Crippen LogP contribution in [-0.4, -0.2) is 54.8 Å². The van der Waals surface area contributed by atoms with Crippen LogP contribution in [0.2, 0.25) is 0 Å². The first-order valence-electron chi connectivity index (χ1n) is 5.77. The van der Waals surface area contributed by atoms with Gasteiger partial charge in [-0.15, -0.1) is 0 Å². The summed E-state index contributed by atoms with van der Waals surface area (Å²) < 4.78 is 41.6. The van der Waals surface area contributed by atoms with E-state index in [1.165, 1.54) is 4.90 Å². The molecule has 98 valence electrons. The molecule has 0 radical (unpaired) electrons. The molecule has 0 spiro atoms. The maximum absolute atomic E-state index is 14.0. The van der Waals surface area contributed by atoms with E-state index in [1.54, 1.807) is 0 Å². The predicted molar refractivity (Wildman–Crippen MR) is 51.5 cm³/mol. The van der Waals surface area contributed by atoms with Crippen molar-refractivity contribution < 1.29 is 126 Å². The van der Waals surface area contributed by atoms with Gasteiger partial charge in [0.2, 0.25) is 0 Å². The molecule has 0 saturated carbocycles. The Hall–Kier alpha value is 2.97. The van der Waals surface area contributed by atoms with Gasteiger partial charge in [-0.1, -0.05) is 20.0 Å². The number of nitrogens with zero attached hydrogens (tertiary/aromatic N) is 2. The maximum Gasteiger partial charge on any atom is 1.00 e. The van der Waals surface area contributed by atoms with E-state index >= 15 is 0 Å². The molecule has 19 heavy (non-hydrogen) atoms. The number of fused-ring (bicyclic) bond motifs is 1. The first kappa shape index (κ1) is 22.0. The van der Waals surface area contributed by atoms with E-state index in [0.717, 1.165) is 6.42 Å². The van der Waals surface area contributed by atoms with Crippen LogP contribution in [0, 0.1) is 0 Å². The summed E-state index contributed by atoms with van der Waals surface area (Å²) in [4.78, 5) is 1.57. The van der Waals surface area contributed by atoms with Crippen molar-refractivity contribution in [3.05, 3.63) is 0 Å². The average molecular weight is 328 g/mol. The molecule has 0 aromatic carbocycles. The van der Waals surface area contributed by atoms with Crippen LogP contribution >= 0.6 is 0 Å². The SMILES string of the molecule is [K+].[K+].[O-]B([O-])CN1[C@@H](F)CN2CCCCC2C1(F)F. The van der Waals surface area contributed by atoms with Crippen molar-refractivity contribution in [3.8, 4) is 0 Å². The largest absolute Gasteiger partial charge is 1.00 e. The summed E-state index contributed by atoms with van der Waals surface area (Å²) in [6.45, 7) is 0.305. The van der Waals surface area contributed by atoms with Gasteiger partial charge in [0.1, 0.15) is 0 Å². The zero-order valence-corrected chi connectivity index (χ0v) is 17.6. The van der Waals surface area contributed by atoms with E-state index in [-0.39, 0.29) is 121 Å². The van der Waals surface area contributed by atoms with Crippen molar-refractivity contribution in [2.45, 2.75) is 37.6 Å². The van der Waals surface area contributed by atoms with Gasteiger partial charge < -0.3 is 10.0 Å². The van der Waals surface area contributed by atoms with E-state index in [0.29, 0.717) is 13.0 Å². The van der Waals surface area contributed by atoms with Crippen molar-refractivity contribution in [1.82, 2.24) is 9.80 Å². The van der Waals surface area contributed by atoms with Gasteiger partial charge in [-0.05, 0) is 19.4 Å². The second-order valence-electron chi connectivity index (χ2n) is 4.61. The van der Waals surface area contributed by atoms with Crippen LogP contribution in [0.3, 0.4) is 0 Å². The minimum absolute atomic E-state index is 0. The molecule has 2 rings (SSSR count). The first-order valence-corrected chi connectivity index (χ1v) is 5.77. The molecule has 2 fully saturated rings. The van der Waals surface area contributed by atoms with Crippen LogP contribution in [0.5, 0.6) is 0 Å². The second-order valence-corrected chi connectivity index (χ2v) is 4.61. The van der Waals surface area contributed by atoms with Gasteiger partial charge in [0, 0.05) is 6.54 Å². The number of piperazine rings is 1. The fourth-order valence-corrected chi connectivity index (χ4v) is 2.67. The van der Waals surface area contributed by atoms with Crippen LogP contribution in [0.4, 0.5) is 13.2 Å². The monoisotopic (exact) mass is 328 g/mol. The molecule has 2 aliphatic heterocycles. The second kappa shape index (κ2) is 9.31. The fraction of sp³-hybridized carbons (Fsp3) is 1.00. The number of hydrogen-bond acceptors (Lipinski definition) is 4. The number of piperidine rings is 1. The molecule has 0 aromatic heterocycles. The van der Waals surface area contributed by atoms with Crippen LogP contribution < -0.4 is 113 Å². The first-order chi connectivity index (χ1) is 7.93. The van der Waals surface area contributed by atoms with Crippen molar-refractivity contribution in [1.29, 1.82) is 0 Å². The third-order valence-electron chi connectivity index (χ3n) is 3.47. The Balaban J connectivity index is 0.00000162. The predicted octanol–water partition coefficient (Wildman–Crippen LogP) is -7.20. The van der Waals surface area contributed by atoms with Crippen molar-refractivity contribution in [2.75, 3.05) is 19.5 Å². The summed E-state index contributed by atoms with van der Waals surface area (Å²) in [7, 11) is -2.45. The Morgan fingerprint density at radius 1 is 1.21 bits per heavy atom. The van der Waals surface area contributed by atoms with Crippen LogP contribution in [-0.2, 0) is 0 Å². The molecule has 0 amide bonds. The maximum atomic E-state index is 14.0. The van der Waals surface area contributed by atoms with Crippen LogP contribution in [0.1, 0.15) is 19.3 Å². The van der Waals surface area contributed by atoms with Gasteiger partial charge in [-0.25, -0.2) is 9.29 Å². The van der Waals surface area contributed by atoms with Gasteiger partial charge in [0.05, 0.1) is 6.04 Å². The molecule has 10 heteroatoms. The molecule has 4 nitrogen and oxygen atoms in total. The summed E-state index contributed by atoms with van der Waals surface area (Å²) in [5.41, 5.74) is 0. The number of rotatable bonds is 2. The standard InChI is InChI=1S/C9H14BF3N2O2.2K/c11-8-5-14-4-2-1-3-7(14)9(12,13)15(8)6-10(16)17;;/h7-8H,1-6H2;;/q-2;2*+1/t7?,8-;;/m1../s1. The van der Waals surface area contributed by atoms with E-state index < -0.39 is 31.9 Å². The normalized spacial score (nSPS) is 30.8. The van der Waals surface area contributed by atoms with Crippen molar-refractivity contribution in [3.63, 3.8) is 0 Å². The third-order valence-corrected chi connectivity index (χ3v) is 3.47. The summed E-state index contributed by atoms with van der Waals surface area (Å²) in [6.07, 6.45) is -1.20. The van der Waals surface area contributed by atoms with Crippen molar-refractivity contribution in [2.24, 2.45) is 0 Å². The van der Waals surface area contributed by atoms with Crippen LogP contribution in [0.25, 0.3) is 0 Å². The van der Waals surface area contributed by atoms with E-state index in [1.807, 2.05) is 0 Å². The molecule has 2 saturated heterocycles. The summed E-state index contributed by atoms with van der Waals surface area (Å²) in [6, 6.07) is -4.49. The van der Waals surface area contributed by atoms with Gasteiger partial charge in [-0.3, -0.25) is 4.90 Å². The number of halogens is 3. The third kappa shape index (κ3) is 5.23. The molecular weight excluding hydrogens is 314 g/mol. The van der Waals surface area contributed by atoms with Gasteiger partial charge in [0.25, 0.3) is 0 Å². The van der Waals surface area contributed by atoms with Crippen molar-refractivity contribution >= 4 is 7.12 Å². The number of alkyl halides is 3. The molecule has 1 unspecified atom stereocenters. The Morgan fingerprint density at radius 3 is 2.42 bits per heavy atom. The number of hydrogen-bond donors (Lipinski definition) is 0. The minimum atomic E-state index is -3.43. The topological polar surface area (TPSA) is 52.6 Å². The molecular formula is C9H14BF3K2N2O2. The van der Waals surface area contributed by atoms with Crippen LogP contribution in [0.15, 0.2) is 0 Å². The van der Waals surface area contributed by atoms with Gasteiger partial charge in [0.15, 0.2) is 6.30 Å². The van der Waals surface area contributed by atoms with Gasteiger partial charge in [-0.2, -0.15) is 8.78 Å². The molecule has 2 aliphatic rings. The Morgan fingerprint density at radius 2 is 1.84 bits per heavy atom. The zero-order chi connectivity index (χ0) is 12.6. The summed E-state index contributed by atoms with van der Waals surface area (Å²) in [5, 5.41) is 21.0. The Kier molecular flexibility index (Phi) is 10.8. The molecule has 0 N–H and O–H groups in total. The minimum Gasteiger partial charge on any atom is -0.892 e.